The molecule has 1 aliphatic carbocycles. The minimum absolute atomic E-state index is 0.502. The van der Waals surface area contributed by atoms with Crippen molar-refractivity contribution >= 4 is 5.78 Å². The van der Waals surface area contributed by atoms with Crippen LogP contribution in [0.25, 0.3) is 0 Å². The van der Waals surface area contributed by atoms with Crippen molar-refractivity contribution in [3.8, 4) is 0 Å². The van der Waals surface area contributed by atoms with Crippen LogP contribution in [0.1, 0.15) is 77.6 Å². The minimum atomic E-state index is 0.502. The van der Waals surface area contributed by atoms with Crippen LogP contribution in [0.15, 0.2) is 0 Å². The number of carbonyl (C=O) groups is 1. The summed E-state index contributed by atoms with van der Waals surface area (Å²) in [6.45, 7) is 2.23. The van der Waals surface area contributed by atoms with Crippen LogP contribution < -0.4 is 0 Å². The lowest BCUT2D eigenvalue weighted by molar-refractivity contribution is -0.120. The number of Topliss-reactive ketones (excluding diaryl/α,β-unsaturated/α-hetero) is 1. The second kappa shape index (κ2) is 7.90. The van der Waals surface area contributed by atoms with Crippen molar-refractivity contribution in [1.29, 1.82) is 0 Å². The van der Waals surface area contributed by atoms with Crippen LogP contribution in [0.5, 0.6) is 0 Å². The highest BCUT2D eigenvalue weighted by molar-refractivity contribution is 5.78. The molecule has 0 N–H and O–H groups in total. The molecule has 0 aromatic heterocycles. The number of hydrogen-bond acceptors (Lipinski definition) is 1. The Balaban J connectivity index is 2.26. The summed E-state index contributed by atoms with van der Waals surface area (Å²) >= 11 is 0. The van der Waals surface area contributed by atoms with Crippen molar-refractivity contribution < 1.29 is 4.79 Å². The van der Waals surface area contributed by atoms with Gasteiger partial charge in [0.25, 0.3) is 0 Å². The van der Waals surface area contributed by atoms with E-state index < -0.39 is 0 Å². The summed E-state index contributed by atoms with van der Waals surface area (Å²) in [5.74, 6) is 1.12. The van der Waals surface area contributed by atoms with Crippen LogP contribution in [0.4, 0.5) is 0 Å². The van der Waals surface area contributed by atoms with Crippen molar-refractivity contribution in [2.45, 2.75) is 77.6 Å². The molecule has 0 saturated heterocycles. The molecule has 0 bridgehead atoms. The predicted octanol–water partition coefficient (Wildman–Crippen LogP) is 4.50. The van der Waals surface area contributed by atoms with E-state index in [4.69, 9.17) is 0 Å². The zero-order valence-electron chi connectivity index (χ0n) is 10.3. The molecule has 1 aliphatic rings. The van der Waals surface area contributed by atoms with Gasteiger partial charge in [-0.25, -0.2) is 0 Å². The Morgan fingerprint density at radius 1 is 0.867 bits per heavy atom. The normalized spacial score (nSPS) is 27.5. The summed E-state index contributed by atoms with van der Waals surface area (Å²) in [6, 6.07) is 0. The molecule has 1 heteroatoms. The maximum atomic E-state index is 11.6. The van der Waals surface area contributed by atoms with E-state index in [0.717, 1.165) is 19.3 Å². The standard InChI is InChI=1S/C14H26O/c1-13-10-8-6-4-2-3-5-7-9-11-14(15)12-13/h13H,2-12H2,1H3/t13-/m0/s1. The van der Waals surface area contributed by atoms with Gasteiger partial charge in [-0.05, 0) is 12.3 Å². The number of ketones is 1. The first-order valence-corrected chi connectivity index (χ1v) is 6.81. The van der Waals surface area contributed by atoms with Crippen molar-refractivity contribution in [1.82, 2.24) is 0 Å². The topological polar surface area (TPSA) is 17.1 Å². The molecule has 1 fully saturated rings. The fourth-order valence-electron chi connectivity index (χ4n) is 2.47. The van der Waals surface area contributed by atoms with Gasteiger partial charge in [-0.2, -0.15) is 0 Å². The Hall–Kier alpha value is -0.330. The molecule has 0 aromatic carbocycles. The number of rotatable bonds is 0. The van der Waals surface area contributed by atoms with Gasteiger partial charge in [0, 0.05) is 12.8 Å². The number of hydrogen-bond donors (Lipinski definition) is 0. The van der Waals surface area contributed by atoms with Crippen LogP contribution in [-0.2, 0) is 4.79 Å². The van der Waals surface area contributed by atoms with Gasteiger partial charge in [-0.3, -0.25) is 4.79 Å². The maximum absolute atomic E-state index is 11.6. The van der Waals surface area contributed by atoms with Gasteiger partial charge in [0.2, 0.25) is 0 Å². The van der Waals surface area contributed by atoms with E-state index in [1.807, 2.05) is 0 Å². The summed E-state index contributed by atoms with van der Waals surface area (Å²) in [5, 5.41) is 0. The van der Waals surface area contributed by atoms with Gasteiger partial charge in [0.1, 0.15) is 5.78 Å². The summed E-state index contributed by atoms with van der Waals surface area (Å²) in [6.07, 6.45) is 13.5. The van der Waals surface area contributed by atoms with Crippen LogP contribution in [0.2, 0.25) is 0 Å². The van der Waals surface area contributed by atoms with Crippen molar-refractivity contribution in [2.75, 3.05) is 0 Å². The van der Waals surface area contributed by atoms with E-state index in [1.165, 1.54) is 51.4 Å². The van der Waals surface area contributed by atoms with Gasteiger partial charge in [0.15, 0.2) is 0 Å². The Morgan fingerprint density at radius 3 is 2.07 bits per heavy atom. The highest BCUT2D eigenvalue weighted by Gasteiger charge is 2.09. The van der Waals surface area contributed by atoms with E-state index >= 15 is 0 Å². The Morgan fingerprint density at radius 2 is 1.40 bits per heavy atom. The lowest BCUT2D eigenvalue weighted by Gasteiger charge is -2.09. The first-order valence-electron chi connectivity index (χ1n) is 6.81. The molecule has 1 rings (SSSR count). The molecule has 1 nitrogen and oxygen atoms in total. The highest BCUT2D eigenvalue weighted by Crippen LogP contribution is 2.18. The highest BCUT2D eigenvalue weighted by atomic mass is 16.1. The molecule has 15 heavy (non-hydrogen) atoms. The Labute approximate surface area is 94.6 Å². The molecule has 1 atom stereocenters. The molecule has 0 radical (unpaired) electrons. The zero-order valence-corrected chi connectivity index (χ0v) is 10.3. The van der Waals surface area contributed by atoms with Gasteiger partial charge in [0.05, 0.1) is 0 Å². The molecule has 0 amide bonds. The maximum Gasteiger partial charge on any atom is 0.133 e. The van der Waals surface area contributed by atoms with Crippen LogP contribution in [-0.4, -0.2) is 5.78 Å². The quantitative estimate of drug-likeness (QED) is 0.575. The summed E-state index contributed by atoms with van der Waals surface area (Å²) in [5.41, 5.74) is 0. The SMILES string of the molecule is C[C@H]1CCCCCCCCCCC(=O)C1. The average Bonchev–Trinajstić information content (AvgIpc) is 2.21. The van der Waals surface area contributed by atoms with E-state index in [1.54, 1.807) is 0 Å². The van der Waals surface area contributed by atoms with Crippen molar-refractivity contribution in [3.05, 3.63) is 0 Å². The molecule has 0 aromatic rings. The first-order chi connectivity index (χ1) is 7.29. The van der Waals surface area contributed by atoms with E-state index in [9.17, 15) is 4.79 Å². The first kappa shape index (κ1) is 12.7. The smallest absolute Gasteiger partial charge is 0.133 e. The van der Waals surface area contributed by atoms with Crippen LogP contribution >= 0.6 is 0 Å². The number of carbonyl (C=O) groups excluding carboxylic acids is 1. The molecular weight excluding hydrogens is 184 g/mol. The third kappa shape index (κ3) is 6.70. The van der Waals surface area contributed by atoms with E-state index in [-0.39, 0.29) is 0 Å². The van der Waals surface area contributed by atoms with E-state index in [0.29, 0.717) is 11.7 Å². The minimum Gasteiger partial charge on any atom is -0.300 e. The van der Waals surface area contributed by atoms with Gasteiger partial charge >= 0.3 is 0 Å². The monoisotopic (exact) mass is 210 g/mol. The predicted molar refractivity (Wildman–Crippen MR) is 65.0 cm³/mol. The van der Waals surface area contributed by atoms with Crippen molar-refractivity contribution in [2.24, 2.45) is 5.92 Å². The van der Waals surface area contributed by atoms with Gasteiger partial charge in [-0.1, -0.05) is 58.3 Å². The molecule has 0 heterocycles. The van der Waals surface area contributed by atoms with Gasteiger partial charge in [-0.15, -0.1) is 0 Å². The van der Waals surface area contributed by atoms with Crippen molar-refractivity contribution in [3.63, 3.8) is 0 Å². The lowest BCUT2D eigenvalue weighted by atomic mass is 9.96. The Kier molecular flexibility index (Phi) is 6.71. The van der Waals surface area contributed by atoms with Crippen LogP contribution in [0, 0.1) is 5.92 Å². The summed E-state index contributed by atoms with van der Waals surface area (Å²) < 4.78 is 0. The van der Waals surface area contributed by atoms with Crippen LogP contribution in [0.3, 0.4) is 0 Å². The molecule has 0 spiro atoms. The third-order valence-corrected chi connectivity index (χ3v) is 3.48. The fraction of sp³-hybridized carbons (Fsp3) is 0.929. The molecule has 1 saturated carbocycles. The fourth-order valence-corrected chi connectivity index (χ4v) is 2.47. The summed E-state index contributed by atoms with van der Waals surface area (Å²) in [7, 11) is 0. The second-order valence-electron chi connectivity index (χ2n) is 5.22. The molecule has 0 aliphatic heterocycles. The Bertz CT molecular complexity index is 174. The molecule has 0 unspecified atom stereocenters. The molecule has 88 valence electrons. The van der Waals surface area contributed by atoms with Gasteiger partial charge < -0.3 is 0 Å². The average molecular weight is 210 g/mol. The lowest BCUT2D eigenvalue weighted by Crippen LogP contribution is -2.05. The second-order valence-corrected chi connectivity index (χ2v) is 5.22. The third-order valence-electron chi connectivity index (χ3n) is 3.48. The molecular formula is C14H26O. The zero-order chi connectivity index (χ0) is 10.9. The summed E-state index contributed by atoms with van der Waals surface area (Å²) in [4.78, 5) is 11.6. The van der Waals surface area contributed by atoms with E-state index in [2.05, 4.69) is 6.92 Å². The largest absolute Gasteiger partial charge is 0.300 e.